The summed E-state index contributed by atoms with van der Waals surface area (Å²) in [5, 5.41) is 0. The van der Waals surface area contributed by atoms with Crippen molar-refractivity contribution in [1.29, 1.82) is 0 Å². The lowest BCUT2D eigenvalue weighted by Gasteiger charge is -2.27. The first kappa shape index (κ1) is 13.1. The fourth-order valence-corrected chi connectivity index (χ4v) is 2.51. The van der Waals surface area contributed by atoms with E-state index in [1.807, 2.05) is 13.0 Å². The molecule has 0 amide bonds. The molecule has 0 atom stereocenters. The van der Waals surface area contributed by atoms with E-state index in [1.165, 1.54) is 37.8 Å². The molecule has 2 N–H and O–H groups in total. The molecule has 3 heteroatoms. The number of anilines is 2. The number of nitrogens with two attached hydrogens (primary N) is 1. The third-order valence-electron chi connectivity index (χ3n) is 3.52. The highest BCUT2D eigenvalue weighted by molar-refractivity contribution is 5.62. The van der Waals surface area contributed by atoms with Gasteiger partial charge in [-0.2, -0.15) is 0 Å². The van der Waals surface area contributed by atoms with E-state index < -0.39 is 0 Å². The van der Waals surface area contributed by atoms with Crippen LogP contribution in [-0.4, -0.2) is 19.7 Å². The van der Waals surface area contributed by atoms with Gasteiger partial charge in [0.2, 0.25) is 0 Å². The van der Waals surface area contributed by atoms with Crippen molar-refractivity contribution in [2.75, 3.05) is 30.3 Å². The number of hydrogen-bond acceptors (Lipinski definition) is 3. The van der Waals surface area contributed by atoms with E-state index in [0.29, 0.717) is 6.61 Å². The van der Waals surface area contributed by atoms with Crippen molar-refractivity contribution in [3.05, 3.63) is 18.2 Å². The molecule has 18 heavy (non-hydrogen) atoms. The Kier molecular flexibility index (Phi) is 4.73. The van der Waals surface area contributed by atoms with Crippen molar-refractivity contribution in [3.8, 4) is 5.75 Å². The summed E-state index contributed by atoms with van der Waals surface area (Å²) in [7, 11) is 0. The molecule has 1 aromatic rings. The van der Waals surface area contributed by atoms with Crippen molar-refractivity contribution in [1.82, 2.24) is 0 Å². The molecule has 1 heterocycles. The molecule has 0 unspecified atom stereocenters. The highest BCUT2D eigenvalue weighted by Crippen LogP contribution is 2.28. The highest BCUT2D eigenvalue weighted by atomic mass is 16.5. The van der Waals surface area contributed by atoms with E-state index in [1.54, 1.807) is 0 Å². The summed E-state index contributed by atoms with van der Waals surface area (Å²) in [6.07, 6.45) is 6.66. The van der Waals surface area contributed by atoms with Gasteiger partial charge in [-0.25, -0.2) is 0 Å². The third kappa shape index (κ3) is 3.31. The van der Waals surface area contributed by atoms with E-state index in [0.717, 1.165) is 24.5 Å². The van der Waals surface area contributed by atoms with Crippen molar-refractivity contribution >= 4 is 11.4 Å². The summed E-state index contributed by atoms with van der Waals surface area (Å²) in [6, 6.07) is 6.15. The first-order chi connectivity index (χ1) is 8.81. The quantitative estimate of drug-likeness (QED) is 0.833. The van der Waals surface area contributed by atoms with Crippen molar-refractivity contribution in [2.45, 2.75) is 39.0 Å². The van der Waals surface area contributed by atoms with E-state index in [2.05, 4.69) is 17.0 Å². The van der Waals surface area contributed by atoms with Crippen LogP contribution in [0.25, 0.3) is 0 Å². The van der Waals surface area contributed by atoms with Crippen LogP contribution in [0, 0.1) is 0 Å². The predicted molar refractivity (Wildman–Crippen MR) is 77.3 cm³/mol. The molecule has 2 rings (SSSR count). The number of rotatable bonds is 3. The van der Waals surface area contributed by atoms with E-state index >= 15 is 0 Å². The largest absolute Gasteiger partial charge is 0.492 e. The van der Waals surface area contributed by atoms with Crippen LogP contribution in [0.5, 0.6) is 5.75 Å². The van der Waals surface area contributed by atoms with Gasteiger partial charge in [0.1, 0.15) is 5.75 Å². The van der Waals surface area contributed by atoms with Crippen LogP contribution in [0.4, 0.5) is 11.4 Å². The van der Waals surface area contributed by atoms with Crippen molar-refractivity contribution < 1.29 is 4.74 Å². The summed E-state index contributed by atoms with van der Waals surface area (Å²) in [5.74, 6) is 0.817. The molecule has 0 saturated carbocycles. The summed E-state index contributed by atoms with van der Waals surface area (Å²) in [6.45, 7) is 4.95. The first-order valence-corrected chi connectivity index (χ1v) is 7.08. The maximum atomic E-state index is 5.92. The summed E-state index contributed by atoms with van der Waals surface area (Å²) in [5.41, 5.74) is 7.89. The lowest BCUT2D eigenvalue weighted by atomic mass is 10.1. The lowest BCUT2D eigenvalue weighted by Crippen LogP contribution is -2.26. The van der Waals surface area contributed by atoms with Gasteiger partial charge in [0.05, 0.1) is 12.3 Å². The smallest absolute Gasteiger partial charge is 0.144 e. The predicted octanol–water partition coefficient (Wildman–Crippen LogP) is 3.44. The van der Waals surface area contributed by atoms with Crippen LogP contribution in [0.2, 0.25) is 0 Å². The lowest BCUT2D eigenvalue weighted by molar-refractivity contribution is 0.342. The number of ether oxygens (including phenoxy) is 1. The van der Waals surface area contributed by atoms with E-state index in [9.17, 15) is 0 Å². The van der Waals surface area contributed by atoms with Gasteiger partial charge in [0.15, 0.2) is 0 Å². The van der Waals surface area contributed by atoms with E-state index in [4.69, 9.17) is 10.5 Å². The summed E-state index contributed by atoms with van der Waals surface area (Å²) < 4.78 is 5.57. The molecule has 1 aromatic carbocycles. The average Bonchev–Trinajstić information content (AvgIpc) is 2.32. The molecule has 0 aliphatic carbocycles. The minimum absolute atomic E-state index is 0.660. The fourth-order valence-electron chi connectivity index (χ4n) is 2.51. The molecule has 0 radical (unpaired) electrons. The third-order valence-corrected chi connectivity index (χ3v) is 3.52. The minimum atomic E-state index is 0.660. The average molecular weight is 248 g/mol. The van der Waals surface area contributed by atoms with Gasteiger partial charge in [-0.3, -0.25) is 0 Å². The zero-order valence-electron chi connectivity index (χ0n) is 11.3. The Hall–Kier alpha value is -1.38. The van der Waals surface area contributed by atoms with Gasteiger partial charge in [-0.15, -0.1) is 0 Å². The van der Waals surface area contributed by atoms with Gasteiger partial charge >= 0.3 is 0 Å². The molecule has 1 fully saturated rings. The molecule has 0 aromatic heterocycles. The Labute approximate surface area is 110 Å². The Bertz CT molecular complexity index is 371. The van der Waals surface area contributed by atoms with Gasteiger partial charge in [0.25, 0.3) is 0 Å². The van der Waals surface area contributed by atoms with Crippen LogP contribution in [0.15, 0.2) is 18.2 Å². The molecule has 0 bridgehead atoms. The van der Waals surface area contributed by atoms with Crippen LogP contribution < -0.4 is 15.4 Å². The Morgan fingerprint density at radius 3 is 2.44 bits per heavy atom. The molecular formula is C15H24N2O. The standard InChI is InChI=1S/C15H24N2O/c1-2-18-15-12-13(8-9-14(15)16)17-10-6-4-3-5-7-11-17/h8-9,12H,2-7,10-11,16H2,1H3. The van der Waals surface area contributed by atoms with Gasteiger partial charge < -0.3 is 15.4 Å². The van der Waals surface area contributed by atoms with Crippen molar-refractivity contribution in [2.24, 2.45) is 0 Å². The van der Waals surface area contributed by atoms with Gasteiger partial charge in [-0.05, 0) is 31.9 Å². The van der Waals surface area contributed by atoms with Crippen LogP contribution in [0.1, 0.15) is 39.0 Å². The molecule has 1 aliphatic heterocycles. The molecule has 100 valence electrons. The maximum absolute atomic E-state index is 5.92. The molecule has 3 nitrogen and oxygen atoms in total. The van der Waals surface area contributed by atoms with Gasteiger partial charge in [-0.1, -0.05) is 19.3 Å². The fraction of sp³-hybridized carbons (Fsp3) is 0.600. The number of nitrogens with zero attached hydrogens (tertiary/aromatic N) is 1. The molecule has 1 aliphatic rings. The monoisotopic (exact) mass is 248 g/mol. The molecule has 0 spiro atoms. The summed E-state index contributed by atoms with van der Waals surface area (Å²) in [4.78, 5) is 2.46. The highest BCUT2D eigenvalue weighted by Gasteiger charge is 2.11. The Balaban J connectivity index is 2.12. The number of benzene rings is 1. The first-order valence-electron chi connectivity index (χ1n) is 7.08. The molecular weight excluding hydrogens is 224 g/mol. The SMILES string of the molecule is CCOc1cc(N2CCCCCCC2)ccc1N. The Morgan fingerprint density at radius 2 is 1.78 bits per heavy atom. The van der Waals surface area contributed by atoms with Crippen molar-refractivity contribution in [3.63, 3.8) is 0 Å². The second-order valence-electron chi connectivity index (χ2n) is 4.91. The van der Waals surface area contributed by atoms with Crippen LogP contribution in [0.3, 0.4) is 0 Å². The van der Waals surface area contributed by atoms with Crippen LogP contribution in [-0.2, 0) is 0 Å². The van der Waals surface area contributed by atoms with Crippen LogP contribution >= 0.6 is 0 Å². The van der Waals surface area contributed by atoms with E-state index in [-0.39, 0.29) is 0 Å². The maximum Gasteiger partial charge on any atom is 0.144 e. The number of nitrogen functional groups attached to an aromatic ring is 1. The topological polar surface area (TPSA) is 38.5 Å². The zero-order valence-corrected chi connectivity index (χ0v) is 11.3. The zero-order chi connectivity index (χ0) is 12.8. The Morgan fingerprint density at radius 1 is 1.11 bits per heavy atom. The normalized spacial score (nSPS) is 17.1. The summed E-state index contributed by atoms with van der Waals surface area (Å²) >= 11 is 0. The molecule has 1 saturated heterocycles. The second-order valence-corrected chi connectivity index (χ2v) is 4.91. The number of hydrogen-bond donors (Lipinski definition) is 1. The second kappa shape index (κ2) is 6.53. The van der Waals surface area contributed by atoms with Gasteiger partial charge in [0, 0.05) is 24.8 Å². The minimum Gasteiger partial charge on any atom is -0.492 e.